The number of ether oxygens (including phenoxy) is 8. The number of piperidine rings is 2. The van der Waals surface area contributed by atoms with E-state index in [2.05, 4.69) is 31.2 Å². The Bertz CT molecular complexity index is 6850. The minimum atomic E-state index is -1.47. The number of pyridine rings is 2. The van der Waals surface area contributed by atoms with E-state index >= 15 is 28.8 Å². The smallest absolute Gasteiger partial charge is 0.262 e. The lowest BCUT2D eigenvalue weighted by Crippen LogP contribution is -2.56. The minimum absolute atomic E-state index is 0.0637. The number of likely N-dealkylation sites (tertiary alicyclic amines) is 2. The Hall–Kier alpha value is -16.4. The third kappa shape index (κ3) is 18.2. The molecule has 23 rings (SSSR count). The van der Waals surface area contributed by atoms with Crippen LogP contribution in [0.1, 0.15) is 133 Å². The Morgan fingerprint density at radius 2 is 0.535 bits per heavy atom. The molecule has 15 aromatic rings. The highest BCUT2D eigenvalue weighted by molar-refractivity contribution is 6.45. The summed E-state index contributed by atoms with van der Waals surface area (Å²) in [5, 5.41) is 12.8. The summed E-state index contributed by atoms with van der Waals surface area (Å²) in [6, 6.07) is 67.4. The van der Waals surface area contributed by atoms with Gasteiger partial charge in [-0.3, -0.25) is 67.7 Å². The van der Waals surface area contributed by atoms with Gasteiger partial charge in [0.25, 0.3) is 47.3 Å². The molecule has 28 nitrogen and oxygen atoms in total. The number of aromatic nitrogens is 2. The number of fused-ring (bicyclic) bond motifs is 2. The van der Waals surface area contributed by atoms with Gasteiger partial charge in [0.2, 0.25) is 11.8 Å². The molecule has 8 aliphatic rings. The predicted molar refractivity (Wildman–Crippen MR) is 529 cm³/mol. The number of hydrogen-bond acceptors (Lipinski definition) is 20. The second-order valence-electron chi connectivity index (χ2n) is 37.1. The van der Waals surface area contributed by atoms with Crippen LogP contribution in [0.25, 0.3) is 87.6 Å². The van der Waals surface area contributed by atoms with Crippen LogP contribution in [0.2, 0.25) is 0 Å². The molecular formula is C114H94N10O18. The second-order valence-corrected chi connectivity index (χ2v) is 37.1. The van der Waals surface area contributed by atoms with Crippen molar-refractivity contribution in [3.63, 3.8) is 0 Å². The van der Waals surface area contributed by atoms with E-state index in [4.69, 9.17) is 37.9 Å². The zero-order chi connectivity index (χ0) is 96.3. The molecule has 0 saturated carbocycles. The molecule has 13 aromatic carbocycles. The molecule has 10 amide bonds. The number of amides is 10. The van der Waals surface area contributed by atoms with Gasteiger partial charge in [-0.05, 0) is 240 Å². The molecule has 6 fully saturated rings. The van der Waals surface area contributed by atoms with Crippen molar-refractivity contribution in [3.05, 3.63) is 323 Å². The van der Waals surface area contributed by atoms with Crippen molar-refractivity contribution in [1.82, 2.24) is 50.8 Å². The summed E-state index contributed by atoms with van der Waals surface area (Å²) in [5.74, 6) is -5.21. The van der Waals surface area contributed by atoms with Gasteiger partial charge in [0.1, 0.15) is 58.1 Å². The number of benzene rings is 13. The first kappa shape index (κ1) is 89.5. The largest absolute Gasteiger partial charge is 0.457 e. The number of rotatable bonds is 32. The molecule has 708 valence electrons. The average Bonchev–Trinajstić information content (AvgIpc) is 0.898. The molecule has 6 unspecified atom stereocenters. The first-order valence-electron chi connectivity index (χ1n) is 48.1. The van der Waals surface area contributed by atoms with E-state index in [1.165, 1.54) is 0 Å². The van der Waals surface area contributed by atoms with Crippen LogP contribution in [-0.2, 0) is 41.4 Å². The van der Waals surface area contributed by atoms with Crippen molar-refractivity contribution in [2.75, 3.05) is 78.8 Å². The maximum Gasteiger partial charge on any atom is 0.262 e. The van der Waals surface area contributed by atoms with Crippen molar-refractivity contribution >= 4 is 102 Å². The highest BCUT2D eigenvalue weighted by Gasteiger charge is 2.49. The number of epoxide rings is 4. The summed E-state index contributed by atoms with van der Waals surface area (Å²) in [5.41, 5.74) is 7.15. The Morgan fingerprint density at radius 1 is 0.296 bits per heavy atom. The minimum Gasteiger partial charge on any atom is -0.457 e. The molecule has 28 heteroatoms. The number of carbonyl (C=O) groups excluding carboxylic acids is 10. The molecule has 2 aromatic heterocycles. The number of imide groups is 2. The summed E-state index contributed by atoms with van der Waals surface area (Å²) >= 11 is 0. The maximum atomic E-state index is 17.4. The van der Waals surface area contributed by atoms with Crippen LogP contribution in [0, 0.1) is 0 Å². The Balaban J connectivity index is 0.821. The van der Waals surface area contributed by atoms with Crippen LogP contribution in [0.4, 0.5) is 0 Å². The average molecular weight is 1890 g/mol. The van der Waals surface area contributed by atoms with Crippen LogP contribution in [0.15, 0.2) is 267 Å². The third-order valence-corrected chi connectivity index (χ3v) is 27.5. The predicted octanol–water partition coefficient (Wildman–Crippen LogP) is 17.3. The SMILES string of the molecule is O=C(NCC1CO1)c1cccc(-c2cccc(Oc3cc4c5c(cc(Oc6cccc(-c7cccc(C(=O)NCC8CO8)c7)c6)c6c7c(Oc8cccc(-c9cccc(C(=O)NCC%10CO%10)c9)c8)cc8c9c(cc(Oc%10cccc(-c%11cccc(C(=O)NCC%12CO%12)c%11)c%10)c(c3c56)c97)C(=O)N(C(Cc3ccncc3)C(=O)N3CCCCC3)C8=O)C(=O)N(C(Cc3ccncc3)C(=O)N3CCCCC3)C4=O)c2)c1. The Labute approximate surface area is 814 Å². The maximum absolute atomic E-state index is 17.4. The van der Waals surface area contributed by atoms with Crippen LogP contribution >= 0.6 is 0 Å². The van der Waals surface area contributed by atoms with E-state index in [0.29, 0.717) is 182 Å². The van der Waals surface area contributed by atoms with E-state index in [-0.39, 0.29) is 172 Å². The first-order chi connectivity index (χ1) is 69.5. The first-order valence-corrected chi connectivity index (χ1v) is 48.1. The molecule has 0 radical (unpaired) electrons. The van der Waals surface area contributed by atoms with Gasteiger partial charge in [-0.25, -0.2) is 0 Å². The van der Waals surface area contributed by atoms with Gasteiger partial charge in [-0.1, -0.05) is 97.1 Å². The Morgan fingerprint density at radius 3 is 0.782 bits per heavy atom. The quantitative estimate of drug-likeness (QED) is 0.0132. The second kappa shape index (κ2) is 38.1. The molecule has 142 heavy (non-hydrogen) atoms. The summed E-state index contributed by atoms with van der Waals surface area (Å²) in [6.07, 6.45) is 10.1. The number of nitrogens with one attached hydrogen (secondary N) is 4. The fourth-order valence-corrected chi connectivity index (χ4v) is 19.9. The third-order valence-electron chi connectivity index (χ3n) is 27.5. The summed E-state index contributed by atoms with van der Waals surface area (Å²) in [6.45, 7) is 4.85. The lowest BCUT2D eigenvalue weighted by Gasteiger charge is -2.38. The van der Waals surface area contributed by atoms with Crippen molar-refractivity contribution in [3.8, 4) is 90.5 Å². The fourth-order valence-electron chi connectivity index (χ4n) is 19.9. The van der Waals surface area contributed by atoms with Crippen molar-refractivity contribution in [2.24, 2.45) is 0 Å². The van der Waals surface area contributed by atoms with E-state index in [0.717, 1.165) is 22.6 Å². The lowest BCUT2D eigenvalue weighted by molar-refractivity contribution is -0.137. The van der Waals surface area contributed by atoms with Gasteiger partial charge in [0.15, 0.2) is 0 Å². The van der Waals surface area contributed by atoms with Crippen molar-refractivity contribution in [2.45, 2.75) is 87.9 Å². The zero-order valence-electron chi connectivity index (χ0n) is 77.0. The van der Waals surface area contributed by atoms with Gasteiger partial charge in [0, 0.05) is 155 Å². The fraction of sp³-hybridized carbons (Fsp3) is 0.228. The highest BCUT2D eigenvalue weighted by atomic mass is 16.6. The van der Waals surface area contributed by atoms with Crippen LogP contribution in [0.3, 0.4) is 0 Å². The molecule has 10 heterocycles. The molecule has 0 spiro atoms. The number of carbonyl (C=O) groups is 10. The van der Waals surface area contributed by atoms with Crippen LogP contribution in [0.5, 0.6) is 46.0 Å². The van der Waals surface area contributed by atoms with Crippen LogP contribution < -0.4 is 40.2 Å². The van der Waals surface area contributed by atoms with Gasteiger partial charge in [-0.2, -0.15) is 0 Å². The molecule has 6 saturated heterocycles. The summed E-state index contributed by atoms with van der Waals surface area (Å²) < 4.78 is 52.6. The summed E-state index contributed by atoms with van der Waals surface area (Å²) in [7, 11) is 0. The van der Waals surface area contributed by atoms with Crippen LogP contribution in [-0.4, -0.2) is 204 Å². The van der Waals surface area contributed by atoms with Gasteiger partial charge < -0.3 is 69.0 Å². The van der Waals surface area contributed by atoms with Gasteiger partial charge >= 0.3 is 0 Å². The molecule has 0 aliphatic carbocycles. The van der Waals surface area contributed by atoms with E-state index in [1.807, 2.05) is 48.5 Å². The number of nitrogens with zero attached hydrogens (tertiary/aromatic N) is 6. The highest BCUT2D eigenvalue weighted by Crippen LogP contribution is 2.59. The zero-order valence-corrected chi connectivity index (χ0v) is 77.0. The molecular weight excluding hydrogens is 1800 g/mol. The van der Waals surface area contributed by atoms with Gasteiger partial charge in [-0.15, -0.1) is 0 Å². The Kier molecular flexibility index (Phi) is 24.0. The molecule has 0 bridgehead atoms. The van der Waals surface area contributed by atoms with E-state index in [9.17, 15) is 19.2 Å². The van der Waals surface area contributed by atoms with Crippen molar-refractivity contribution in [1.29, 1.82) is 0 Å². The molecule has 6 atom stereocenters. The standard InChI is InChI=1S/C114H94N10O18/c125-105(117-57-83-61-135-83)75-23-7-15-67(45-75)71-19-11-27-79(49-71)139-93-53-87-97-88(110(130)123(109(87)129)91(43-65-31-35-115-36-32-65)113(133)121-39-3-1-4-40-121)54-94(140-80-28-12-20-72(50-80)68-16-8-24-76(46-68)106(126)118-58-84-62-136-84)100-102-96(142-82-30-14-22-74(52-82)70-18-10-26-78(48-70)108(128)120-60-86-64-138-86)56-90-98-89(111(131)124(112(90)132)92(44-66-33-37-116-38-34-66)114(134)122-41-5-2-6-42-122)55-95(101(104(98)102)99(93)103(97)100)141-81-29-13-21-73(51-81)69-17-9-25-77(47-69)107(127)119-59-85-63-137-85/h7-38,45-56,83-86,91-92H,1-6,39-44,57-64H2,(H,117,125)(H,118,126)(H,119,127)(H,120,128). The molecule has 4 N–H and O–H groups in total. The topological polar surface area (TPSA) is 345 Å². The number of hydrogen-bond donors (Lipinski definition) is 4. The van der Waals surface area contributed by atoms with Crippen molar-refractivity contribution < 1.29 is 85.8 Å². The summed E-state index contributed by atoms with van der Waals surface area (Å²) in [4.78, 5) is 172. The lowest BCUT2D eigenvalue weighted by atomic mass is 9.80. The van der Waals surface area contributed by atoms with E-state index in [1.54, 1.807) is 229 Å². The van der Waals surface area contributed by atoms with E-state index < -0.39 is 47.5 Å². The normalized spacial score (nSPS) is 17.6. The molecule has 8 aliphatic heterocycles. The monoisotopic (exact) mass is 1890 g/mol. The van der Waals surface area contributed by atoms with Gasteiger partial charge in [0.05, 0.1) is 73.1 Å².